The minimum atomic E-state index is 0.706. The van der Waals surface area contributed by atoms with Crippen molar-refractivity contribution < 1.29 is 9.47 Å². The first-order valence-corrected chi connectivity index (χ1v) is 8.37. The van der Waals surface area contributed by atoms with E-state index in [4.69, 9.17) is 21.1 Å². The molecule has 0 aliphatic carbocycles. The Bertz CT molecular complexity index is 833. The summed E-state index contributed by atoms with van der Waals surface area (Å²) in [5.41, 5.74) is 3.23. The normalized spacial score (nSPS) is 10.4. The number of nitrogens with zero attached hydrogens (tertiary/aromatic N) is 1. The number of anilines is 2. The van der Waals surface area contributed by atoms with E-state index in [1.807, 2.05) is 48.5 Å². The fourth-order valence-electron chi connectivity index (χ4n) is 2.67. The average molecular weight is 354 g/mol. The summed E-state index contributed by atoms with van der Waals surface area (Å²) in [4.78, 5) is 2.20. The molecular weight excluding hydrogens is 334 g/mol. The quantitative estimate of drug-likeness (QED) is 0.567. The molecule has 0 saturated carbocycles. The van der Waals surface area contributed by atoms with E-state index in [2.05, 4.69) is 29.2 Å². The van der Waals surface area contributed by atoms with Crippen molar-refractivity contribution in [2.24, 2.45) is 0 Å². The van der Waals surface area contributed by atoms with Crippen LogP contribution >= 0.6 is 11.6 Å². The Morgan fingerprint density at radius 1 is 0.760 bits per heavy atom. The topological polar surface area (TPSA) is 21.7 Å². The van der Waals surface area contributed by atoms with E-state index in [0.29, 0.717) is 11.6 Å². The van der Waals surface area contributed by atoms with Crippen molar-refractivity contribution in [3.63, 3.8) is 0 Å². The van der Waals surface area contributed by atoms with Gasteiger partial charge in [-0.25, -0.2) is 0 Å². The first kappa shape index (κ1) is 17.2. The van der Waals surface area contributed by atoms with Gasteiger partial charge in [-0.2, -0.15) is 0 Å². The fraction of sp³-hybridized carbons (Fsp3) is 0.143. The molecular formula is C21H20ClNO2. The molecule has 0 aromatic heterocycles. The molecule has 0 saturated heterocycles. The summed E-state index contributed by atoms with van der Waals surface area (Å²) in [7, 11) is 3.34. The summed E-state index contributed by atoms with van der Waals surface area (Å²) < 4.78 is 10.6. The van der Waals surface area contributed by atoms with Crippen molar-refractivity contribution in [1.29, 1.82) is 0 Å². The van der Waals surface area contributed by atoms with E-state index < -0.39 is 0 Å². The summed E-state index contributed by atoms with van der Waals surface area (Å²) >= 11 is 6.21. The minimum Gasteiger partial charge on any atom is -0.497 e. The number of hydrogen-bond donors (Lipinski definition) is 0. The third kappa shape index (κ3) is 4.25. The highest BCUT2D eigenvalue weighted by molar-refractivity contribution is 6.30. The molecule has 0 aliphatic heterocycles. The zero-order valence-electron chi connectivity index (χ0n) is 14.3. The lowest BCUT2D eigenvalue weighted by atomic mass is 10.1. The third-order valence-electron chi connectivity index (χ3n) is 3.98. The smallest absolute Gasteiger partial charge is 0.120 e. The molecule has 3 aromatic rings. The Balaban J connectivity index is 1.98. The molecule has 0 bridgehead atoms. The van der Waals surface area contributed by atoms with Gasteiger partial charge >= 0.3 is 0 Å². The highest BCUT2D eigenvalue weighted by atomic mass is 35.5. The van der Waals surface area contributed by atoms with Crippen molar-refractivity contribution in [3.05, 3.63) is 83.4 Å². The number of halogens is 1. The maximum Gasteiger partial charge on any atom is 0.120 e. The van der Waals surface area contributed by atoms with E-state index in [1.54, 1.807) is 14.2 Å². The maximum atomic E-state index is 6.21. The molecule has 0 aliphatic rings. The van der Waals surface area contributed by atoms with Crippen LogP contribution < -0.4 is 14.4 Å². The molecule has 128 valence electrons. The zero-order chi connectivity index (χ0) is 17.6. The zero-order valence-corrected chi connectivity index (χ0v) is 15.0. The van der Waals surface area contributed by atoms with Crippen LogP contribution in [0.4, 0.5) is 11.4 Å². The van der Waals surface area contributed by atoms with E-state index in [9.17, 15) is 0 Å². The lowest BCUT2D eigenvalue weighted by Gasteiger charge is -2.26. The summed E-state index contributed by atoms with van der Waals surface area (Å²) in [6, 6.07) is 23.9. The van der Waals surface area contributed by atoms with E-state index >= 15 is 0 Å². The highest BCUT2D eigenvalue weighted by Gasteiger charge is 2.12. The van der Waals surface area contributed by atoms with Gasteiger partial charge in [0.05, 0.1) is 14.2 Å². The van der Waals surface area contributed by atoms with Gasteiger partial charge in [0.1, 0.15) is 11.5 Å². The number of methoxy groups -OCH3 is 2. The molecule has 3 nitrogen and oxygen atoms in total. The second-order valence-electron chi connectivity index (χ2n) is 5.62. The predicted octanol–water partition coefficient (Wildman–Crippen LogP) is 5.70. The maximum absolute atomic E-state index is 6.21. The molecule has 0 spiro atoms. The van der Waals surface area contributed by atoms with Crippen molar-refractivity contribution in [2.75, 3.05) is 19.1 Å². The molecule has 0 heterocycles. The second kappa shape index (κ2) is 7.95. The van der Waals surface area contributed by atoms with Crippen LogP contribution in [0.5, 0.6) is 11.5 Å². The summed E-state index contributed by atoms with van der Waals surface area (Å²) in [5, 5.41) is 0.708. The molecule has 0 atom stereocenters. The number of hydrogen-bond acceptors (Lipinski definition) is 3. The standard InChI is InChI=1S/C21H20ClNO2/c1-24-20-11-9-16(10-12-20)15-23(18-6-3-5-17(22)13-18)19-7-4-8-21(14-19)25-2/h3-14H,15H2,1-2H3. The van der Waals surface area contributed by atoms with Crippen LogP contribution in [0.25, 0.3) is 0 Å². The lowest BCUT2D eigenvalue weighted by molar-refractivity contribution is 0.414. The Morgan fingerprint density at radius 3 is 2.04 bits per heavy atom. The Morgan fingerprint density at radius 2 is 1.40 bits per heavy atom. The van der Waals surface area contributed by atoms with E-state index in [0.717, 1.165) is 22.9 Å². The van der Waals surface area contributed by atoms with Gasteiger partial charge < -0.3 is 14.4 Å². The van der Waals surface area contributed by atoms with Gasteiger partial charge in [0, 0.05) is 29.0 Å². The highest BCUT2D eigenvalue weighted by Crippen LogP contribution is 2.31. The second-order valence-corrected chi connectivity index (χ2v) is 6.05. The number of ether oxygens (including phenoxy) is 2. The monoisotopic (exact) mass is 353 g/mol. The van der Waals surface area contributed by atoms with E-state index in [1.165, 1.54) is 5.56 Å². The first-order chi connectivity index (χ1) is 12.2. The predicted molar refractivity (Wildman–Crippen MR) is 103 cm³/mol. The summed E-state index contributed by atoms with van der Waals surface area (Å²) in [5.74, 6) is 1.67. The van der Waals surface area contributed by atoms with Crippen molar-refractivity contribution in [3.8, 4) is 11.5 Å². The summed E-state index contributed by atoms with van der Waals surface area (Å²) in [6.45, 7) is 0.706. The van der Waals surface area contributed by atoms with Gasteiger partial charge in [0.2, 0.25) is 0 Å². The van der Waals surface area contributed by atoms with Gasteiger partial charge in [-0.1, -0.05) is 35.9 Å². The van der Waals surface area contributed by atoms with Crippen molar-refractivity contribution >= 4 is 23.0 Å². The van der Waals surface area contributed by atoms with Gasteiger partial charge in [-0.05, 0) is 48.0 Å². The average Bonchev–Trinajstić information content (AvgIpc) is 2.66. The van der Waals surface area contributed by atoms with Crippen LogP contribution in [0.15, 0.2) is 72.8 Å². The molecule has 0 fully saturated rings. The molecule has 0 N–H and O–H groups in total. The van der Waals surface area contributed by atoms with Gasteiger partial charge in [0.15, 0.2) is 0 Å². The Kier molecular flexibility index (Phi) is 5.46. The minimum absolute atomic E-state index is 0.706. The largest absolute Gasteiger partial charge is 0.497 e. The van der Waals surface area contributed by atoms with Crippen LogP contribution in [0.1, 0.15) is 5.56 Å². The van der Waals surface area contributed by atoms with Gasteiger partial charge in [-0.3, -0.25) is 0 Å². The van der Waals surface area contributed by atoms with Gasteiger partial charge in [0.25, 0.3) is 0 Å². The van der Waals surface area contributed by atoms with Crippen LogP contribution in [-0.4, -0.2) is 14.2 Å². The van der Waals surface area contributed by atoms with Crippen LogP contribution in [0.2, 0.25) is 5.02 Å². The Hall–Kier alpha value is -2.65. The SMILES string of the molecule is COc1ccc(CN(c2cccc(Cl)c2)c2cccc(OC)c2)cc1. The molecule has 25 heavy (non-hydrogen) atoms. The van der Waals surface area contributed by atoms with Crippen LogP contribution in [0.3, 0.4) is 0 Å². The van der Waals surface area contributed by atoms with Crippen molar-refractivity contribution in [1.82, 2.24) is 0 Å². The van der Waals surface area contributed by atoms with E-state index in [-0.39, 0.29) is 0 Å². The number of rotatable bonds is 6. The van der Waals surface area contributed by atoms with Gasteiger partial charge in [-0.15, -0.1) is 0 Å². The molecule has 0 radical (unpaired) electrons. The third-order valence-corrected chi connectivity index (χ3v) is 4.22. The number of benzene rings is 3. The molecule has 3 rings (SSSR count). The van der Waals surface area contributed by atoms with Crippen molar-refractivity contribution in [2.45, 2.75) is 6.54 Å². The summed E-state index contributed by atoms with van der Waals surface area (Å²) in [6.07, 6.45) is 0. The molecule has 0 amide bonds. The molecule has 3 aromatic carbocycles. The van der Waals surface area contributed by atoms with Crippen LogP contribution in [0, 0.1) is 0 Å². The fourth-order valence-corrected chi connectivity index (χ4v) is 2.85. The first-order valence-electron chi connectivity index (χ1n) is 7.99. The Labute approximate surface area is 153 Å². The lowest BCUT2D eigenvalue weighted by Crippen LogP contribution is -2.16. The molecule has 0 unspecified atom stereocenters. The van der Waals surface area contributed by atoms with Crippen LogP contribution in [-0.2, 0) is 6.54 Å². The molecule has 4 heteroatoms.